The van der Waals surface area contributed by atoms with Gasteiger partial charge in [0.15, 0.2) is 0 Å². The number of nitrogens with two attached hydrogens (primary N) is 1. The summed E-state index contributed by atoms with van der Waals surface area (Å²) in [6, 6.07) is 5.53. The first kappa shape index (κ1) is 15.6. The Bertz CT molecular complexity index is 638. The standard InChI is InChI=1S/C14H21N7O/c1-10(22)18-11-3-4-12(16-6-5-15)13(9-11)19-20-14-17-7-8-21(14)2/h3-4,7-9,16,19H,5-6,15H2,1-2H3,(H,17,20)(H,18,22). The number of aryl methyl sites for hydroxylation is 1. The summed E-state index contributed by atoms with van der Waals surface area (Å²) in [6.07, 6.45) is 3.54. The van der Waals surface area contributed by atoms with Gasteiger partial charge in [0, 0.05) is 45.1 Å². The molecule has 2 aromatic rings. The minimum Gasteiger partial charge on any atom is -0.382 e. The Labute approximate surface area is 129 Å². The molecule has 2 rings (SSSR count). The molecule has 0 unspecified atom stereocenters. The van der Waals surface area contributed by atoms with Gasteiger partial charge in [-0.05, 0) is 18.2 Å². The number of rotatable bonds is 7. The molecule has 0 fully saturated rings. The summed E-state index contributed by atoms with van der Waals surface area (Å²) in [7, 11) is 1.89. The highest BCUT2D eigenvalue weighted by atomic mass is 16.1. The summed E-state index contributed by atoms with van der Waals surface area (Å²) in [5.74, 6) is 0.556. The minimum absolute atomic E-state index is 0.120. The molecule has 0 radical (unpaired) electrons. The average molecular weight is 303 g/mol. The molecule has 0 aliphatic carbocycles. The van der Waals surface area contributed by atoms with Crippen LogP contribution in [0.25, 0.3) is 0 Å². The van der Waals surface area contributed by atoms with Gasteiger partial charge in [0.2, 0.25) is 11.9 Å². The number of nitrogens with zero attached hydrogens (tertiary/aromatic N) is 2. The molecule has 1 aromatic heterocycles. The molecular weight excluding hydrogens is 282 g/mol. The van der Waals surface area contributed by atoms with Crippen LogP contribution in [0.3, 0.4) is 0 Å². The van der Waals surface area contributed by atoms with Crippen molar-refractivity contribution in [3.63, 3.8) is 0 Å². The van der Waals surface area contributed by atoms with Crippen LogP contribution in [-0.4, -0.2) is 28.5 Å². The molecule has 118 valence electrons. The van der Waals surface area contributed by atoms with Crippen molar-refractivity contribution in [2.24, 2.45) is 12.8 Å². The maximum Gasteiger partial charge on any atom is 0.221 e. The Morgan fingerprint density at radius 3 is 2.77 bits per heavy atom. The number of carbonyl (C=O) groups is 1. The van der Waals surface area contributed by atoms with Gasteiger partial charge in [0.05, 0.1) is 11.4 Å². The summed E-state index contributed by atoms with van der Waals surface area (Å²) >= 11 is 0. The second kappa shape index (κ2) is 7.32. The number of anilines is 4. The third-order valence-corrected chi connectivity index (χ3v) is 2.93. The Balaban J connectivity index is 2.16. The van der Waals surface area contributed by atoms with Gasteiger partial charge in [-0.25, -0.2) is 4.98 Å². The van der Waals surface area contributed by atoms with Gasteiger partial charge >= 0.3 is 0 Å². The van der Waals surface area contributed by atoms with E-state index in [0.717, 1.165) is 11.4 Å². The Hall–Kier alpha value is -2.74. The molecular formula is C14H21N7O. The number of hydrogen-bond acceptors (Lipinski definition) is 6. The number of amides is 1. The van der Waals surface area contributed by atoms with Crippen LogP contribution in [0.2, 0.25) is 0 Å². The van der Waals surface area contributed by atoms with Crippen LogP contribution in [0.4, 0.5) is 23.0 Å². The highest BCUT2D eigenvalue weighted by Gasteiger charge is 2.06. The van der Waals surface area contributed by atoms with Crippen molar-refractivity contribution in [1.29, 1.82) is 0 Å². The second-order valence-corrected chi connectivity index (χ2v) is 4.77. The zero-order valence-electron chi connectivity index (χ0n) is 12.7. The van der Waals surface area contributed by atoms with Gasteiger partial charge in [-0.15, -0.1) is 0 Å². The van der Waals surface area contributed by atoms with Gasteiger partial charge in [-0.1, -0.05) is 0 Å². The Morgan fingerprint density at radius 1 is 1.32 bits per heavy atom. The SMILES string of the molecule is CC(=O)Nc1ccc(NCCN)c(NNc2nccn2C)c1. The summed E-state index contributed by atoms with van der Waals surface area (Å²) in [6.45, 7) is 2.65. The molecule has 0 bridgehead atoms. The predicted octanol–water partition coefficient (Wildman–Crippen LogP) is 1.19. The van der Waals surface area contributed by atoms with Crippen LogP contribution >= 0.6 is 0 Å². The Kier molecular flexibility index (Phi) is 5.21. The Morgan fingerprint density at radius 2 is 2.14 bits per heavy atom. The summed E-state index contributed by atoms with van der Waals surface area (Å²) in [5.41, 5.74) is 14.0. The molecule has 8 nitrogen and oxygen atoms in total. The summed E-state index contributed by atoms with van der Waals surface area (Å²) < 4.78 is 1.84. The molecule has 8 heteroatoms. The number of benzene rings is 1. The molecule has 1 heterocycles. The normalized spacial score (nSPS) is 10.1. The molecule has 6 N–H and O–H groups in total. The van der Waals surface area contributed by atoms with E-state index in [4.69, 9.17) is 5.73 Å². The molecule has 0 saturated carbocycles. The fourth-order valence-electron chi connectivity index (χ4n) is 1.90. The fourth-order valence-corrected chi connectivity index (χ4v) is 1.90. The zero-order valence-corrected chi connectivity index (χ0v) is 12.7. The van der Waals surface area contributed by atoms with Crippen molar-refractivity contribution < 1.29 is 4.79 Å². The first-order valence-electron chi connectivity index (χ1n) is 6.95. The molecule has 0 aliphatic heterocycles. The monoisotopic (exact) mass is 303 g/mol. The topological polar surface area (TPSA) is 109 Å². The van der Waals surface area contributed by atoms with Crippen molar-refractivity contribution in [2.75, 3.05) is 34.6 Å². The number of nitrogens with one attached hydrogen (secondary N) is 4. The number of aromatic nitrogens is 2. The lowest BCUT2D eigenvalue weighted by molar-refractivity contribution is -0.114. The third-order valence-electron chi connectivity index (χ3n) is 2.93. The second-order valence-electron chi connectivity index (χ2n) is 4.77. The van der Waals surface area contributed by atoms with E-state index in [-0.39, 0.29) is 5.91 Å². The van der Waals surface area contributed by atoms with E-state index in [9.17, 15) is 4.79 Å². The van der Waals surface area contributed by atoms with E-state index in [0.29, 0.717) is 24.7 Å². The maximum atomic E-state index is 11.2. The number of carbonyl (C=O) groups excluding carboxylic acids is 1. The number of hydrazine groups is 1. The van der Waals surface area contributed by atoms with Crippen LogP contribution in [0.15, 0.2) is 30.6 Å². The molecule has 1 amide bonds. The van der Waals surface area contributed by atoms with Crippen LogP contribution in [0, 0.1) is 0 Å². The minimum atomic E-state index is -0.120. The lowest BCUT2D eigenvalue weighted by Gasteiger charge is -2.16. The van der Waals surface area contributed by atoms with Gasteiger partial charge < -0.3 is 20.9 Å². The highest BCUT2D eigenvalue weighted by Crippen LogP contribution is 2.25. The summed E-state index contributed by atoms with van der Waals surface area (Å²) in [4.78, 5) is 15.4. The van der Waals surface area contributed by atoms with Crippen molar-refractivity contribution in [3.05, 3.63) is 30.6 Å². The smallest absolute Gasteiger partial charge is 0.221 e. The van der Waals surface area contributed by atoms with Crippen LogP contribution in [-0.2, 0) is 11.8 Å². The average Bonchev–Trinajstić information content (AvgIpc) is 2.89. The molecule has 22 heavy (non-hydrogen) atoms. The highest BCUT2D eigenvalue weighted by molar-refractivity contribution is 5.90. The van der Waals surface area contributed by atoms with Crippen molar-refractivity contribution in [2.45, 2.75) is 6.92 Å². The largest absolute Gasteiger partial charge is 0.382 e. The predicted molar refractivity (Wildman–Crippen MR) is 88.7 cm³/mol. The quantitative estimate of drug-likeness (QED) is 0.492. The van der Waals surface area contributed by atoms with Gasteiger partial charge in [0.25, 0.3) is 0 Å². The fraction of sp³-hybridized carbons (Fsp3) is 0.286. The van der Waals surface area contributed by atoms with Crippen molar-refractivity contribution in [3.8, 4) is 0 Å². The van der Waals surface area contributed by atoms with Crippen LogP contribution < -0.4 is 27.2 Å². The van der Waals surface area contributed by atoms with E-state index < -0.39 is 0 Å². The first-order valence-corrected chi connectivity index (χ1v) is 6.95. The van der Waals surface area contributed by atoms with Gasteiger partial charge in [-0.2, -0.15) is 0 Å². The van der Waals surface area contributed by atoms with Crippen molar-refractivity contribution >= 4 is 28.9 Å². The van der Waals surface area contributed by atoms with E-state index in [1.807, 2.05) is 36.0 Å². The third kappa shape index (κ3) is 4.13. The number of imidazole rings is 1. The molecule has 1 aromatic carbocycles. The molecule has 0 spiro atoms. The lowest BCUT2D eigenvalue weighted by atomic mass is 10.2. The van der Waals surface area contributed by atoms with Crippen LogP contribution in [0.1, 0.15) is 6.92 Å². The van der Waals surface area contributed by atoms with E-state index in [1.165, 1.54) is 6.92 Å². The zero-order chi connectivity index (χ0) is 15.9. The maximum absolute atomic E-state index is 11.2. The first-order chi connectivity index (χ1) is 10.6. The summed E-state index contributed by atoms with van der Waals surface area (Å²) in [5, 5.41) is 5.97. The lowest BCUT2D eigenvalue weighted by Crippen LogP contribution is -2.17. The molecule has 0 aliphatic rings. The van der Waals surface area contributed by atoms with E-state index in [2.05, 4.69) is 26.5 Å². The van der Waals surface area contributed by atoms with Gasteiger partial charge in [-0.3, -0.25) is 15.6 Å². The number of hydrogen-bond donors (Lipinski definition) is 5. The van der Waals surface area contributed by atoms with Crippen LogP contribution in [0.5, 0.6) is 0 Å². The molecule has 0 saturated heterocycles. The van der Waals surface area contributed by atoms with Gasteiger partial charge in [0.1, 0.15) is 0 Å². The van der Waals surface area contributed by atoms with E-state index >= 15 is 0 Å². The van der Waals surface area contributed by atoms with E-state index in [1.54, 1.807) is 6.20 Å². The van der Waals surface area contributed by atoms with Crippen molar-refractivity contribution in [1.82, 2.24) is 9.55 Å². The molecule has 0 atom stereocenters.